The molecule has 1 nitrogen and oxygen atoms in total. The molecule has 1 N–H and O–H groups in total. The van der Waals surface area contributed by atoms with E-state index in [1.807, 2.05) is 12.3 Å². The SMILES string of the molecule is c1c[nH+]c2ccsc2c1. The summed E-state index contributed by atoms with van der Waals surface area (Å²) in [6.07, 6.45) is 1.94. The van der Waals surface area contributed by atoms with Crippen molar-refractivity contribution < 1.29 is 4.98 Å². The van der Waals surface area contributed by atoms with Crippen molar-refractivity contribution >= 4 is 21.6 Å². The molecule has 0 amide bonds. The van der Waals surface area contributed by atoms with Crippen molar-refractivity contribution in [3.05, 3.63) is 29.8 Å². The summed E-state index contributed by atoms with van der Waals surface area (Å²) in [6.45, 7) is 0. The fraction of sp³-hybridized carbons (Fsp3) is 0. The summed E-state index contributed by atoms with van der Waals surface area (Å²) in [5, 5.41) is 2.08. The third-order valence-corrected chi connectivity index (χ3v) is 2.16. The van der Waals surface area contributed by atoms with Gasteiger partial charge in [-0.2, -0.15) is 0 Å². The van der Waals surface area contributed by atoms with Gasteiger partial charge in [0, 0.05) is 12.1 Å². The zero-order valence-corrected chi connectivity index (χ0v) is 5.61. The molecule has 2 heterocycles. The number of hydrogen-bond donors (Lipinski definition) is 0. The van der Waals surface area contributed by atoms with Crippen molar-refractivity contribution in [3.63, 3.8) is 0 Å². The fourth-order valence-corrected chi connectivity index (χ4v) is 1.60. The Labute approximate surface area is 57.0 Å². The van der Waals surface area contributed by atoms with Crippen molar-refractivity contribution in [2.45, 2.75) is 0 Å². The number of aromatic amines is 1. The molecule has 2 aromatic heterocycles. The van der Waals surface area contributed by atoms with Gasteiger partial charge in [0.1, 0.15) is 0 Å². The van der Waals surface area contributed by atoms with Crippen LogP contribution < -0.4 is 4.98 Å². The zero-order chi connectivity index (χ0) is 6.10. The van der Waals surface area contributed by atoms with Gasteiger partial charge in [-0.1, -0.05) is 0 Å². The molecule has 2 aromatic rings. The molecular formula is C7H6NS+. The monoisotopic (exact) mass is 136 g/mol. The molecule has 0 unspecified atom stereocenters. The molecule has 9 heavy (non-hydrogen) atoms. The summed E-state index contributed by atoms with van der Waals surface area (Å²) in [6, 6.07) is 6.20. The Hall–Kier alpha value is -0.890. The van der Waals surface area contributed by atoms with E-state index in [0.29, 0.717) is 0 Å². The number of pyridine rings is 1. The lowest BCUT2D eigenvalue weighted by atomic mass is 10.4. The minimum Gasteiger partial charge on any atom is -0.210 e. The van der Waals surface area contributed by atoms with E-state index < -0.39 is 0 Å². The van der Waals surface area contributed by atoms with Gasteiger partial charge < -0.3 is 0 Å². The summed E-state index contributed by atoms with van der Waals surface area (Å²) in [5.41, 5.74) is 1.22. The highest BCUT2D eigenvalue weighted by molar-refractivity contribution is 7.17. The molecular weight excluding hydrogens is 130 g/mol. The Balaban J connectivity index is 2.95. The molecule has 0 radical (unpaired) electrons. The van der Waals surface area contributed by atoms with Crippen LogP contribution in [-0.4, -0.2) is 0 Å². The molecule has 0 aliphatic rings. The summed E-state index contributed by atoms with van der Waals surface area (Å²) in [7, 11) is 0. The number of rotatable bonds is 0. The van der Waals surface area contributed by atoms with E-state index >= 15 is 0 Å². The van der Waals surface area contributed by atoms with Crippen LogP contribution in [0.2, 0.25) is 0 Å². The van der Waals surface area contributed by atoms with Gasteiger partial charge in [0.25, 0.3) is 0 Å². The van der Waals surface area contributed by atoms with Crippen LogP contribution >= 0.6 is 11.3 Å². The number of H-pyrrole nitrogens is 1. The Morgan fingerprint density at radius 2 is 2.33 bits per heavy atom. The predicted molar refractivity (Wildman–Crippen MR) is 38.4 cm³/mol. The van der Waals surface area contributed by atoms with Crippen LogP contribution in [0, 0.1) is 0 Å². The average molecular weight is 136 g/mol. The van der Waals surface area contributed by atoms with E-state index in [1.54, 1.807) is 11.3 Å². The minimum absolute atomic E-state index is 1.22. The van der Waals surface area contributed by atoms with Crippen molar-refractivity contribution in [1.82, 2.24) is 0 Å². The molecule has 0 saturated carbocycles. The summed E-state index contributed by atoms with van der Waals surface area (Å²) >= 11 is 1.76. The van der Waals surface area contributed by atoms with Crippen LogP contribution in [0.25, 0.3) is 10.2 Å². The zero-order valence-electron chi connectivity index (χ0n) is 4.79. The number of nitrogens with one attached hydrogen (secondary N) is 1. The van der Waals surface area contributed by atoms with Gasteiger partial charge in [-0.05, 0) is 11.4 Å². The largest absolute Gasteiger partial charge is 0.221 e. The third kappa shape index (κ3) is 0.715. The second kappa shape index (κ2) is 1.81. The molecule has 0 aromatic carbocycles. The molecule has 0 bridgehead atoms. The molecule has 2 heteroatoms. The molecule has 0 spiro atoms. The Kier molecular flexibility index (Phi) is 0.993. The molecule has 44 valence electrons. The van der Waals surface area contributed by atoms with Gasteiger partial charge >= 0.3 is 0 Å². The van der Waals surface area contributed by atoms with Crippen LogP contribution in [0.5, 0.6) is 0 Å². The van der Waals surface area contributed by atoms with Crippen LogP contribution in [0.4, 0.5) is 0 Å². The van der Waals surface area contributed by atoms with E-state index in [9.17, 15) is 0 Å². The van der Waals surface area contributed by atoms with E-state index in [2.05, 4.69) is 22.5 Å². The first-order valence-electron chi connectivity index (χ1n) is 2.81. The maximum absolute atomic E-state index is 3.14. The van der Waals surface area contributed by atoms with Crippen molar-refractivity contribution in [2.75, 3.05) is 0 Å². The van der Waals surface area contributed by atoms with Crippen LogP contribution in [0.1, 0.15) is 0 Å². The number of fused-ring (bicyclic) bond motifs is 1. The van der Waals surface area contributed by atoms with Crippen LogP contribution in [0.15, 0.2) is 29.8 Å². The molecule has 0 aliphatic heterocycles. The normalized spacial score (nSPS) is 10.2. The molecule has 0 aliphatic carbocycles. The first kappa shape index (κ1) is 4.94. The van der Waals surface area contributed by atoms with Gasteiger partial charge in [-0.15, -0.1) is 11.3 Å². The van der Waals surface area contributed by atoms with Gasteiger partial charge in [-0.3, -0.25) is 0 Å². The van der Waals surface area contributed by atoms with Gasteiger partial charge in [0.15, 0.2) is 6.20 Å². The number of hydrogen-bond acceptors (Lipinski definition) is 1. The van der Waals surface area contributed by atoms with E-state index in [4.69, 9.17) is 0 Å². The lowest BCUT2D eigenvalue weighted by molar-refractivity contribution is -0.344. The Bertz CT molecular complexity index is 283. The maximum atomic E-state index is 3.14. The molecule has 2 rings (SSSR count). The average Bonchev–Trinajstić information content (AvgIpc) is 2.33. The van der Waals surface area contributed by atoms with Crippen molar-refractivity contribution in [3.8, 4) is 0 Å². The fourth-order valence-electron chi connectivity index (χ4n) is 0.843. The highest BCUT2D eigenvalue weighted by Crippen LogP contribution is 2.14. The summed E-state index contributed by atoms with van der Waals surface area (Å²) < 4.78 is 1.32. The van der Waals surface area contributed by atoms with Crippen molar-refractivity contribution in [1.29, 1.82) is 0 Å². The third-order valence-electron chi connectivity index (χ3n) is 1.28. The number of aromatic nitrogens is 1. The van der Waals surface area contributed by atoms with E-state index in [-0.39, 0.29) is 0 Å². The molecule has 0 saturated heterocycles. The standard InChI is InChI=1S/C7H5NS/c1-2-7-6(8-4-1)3-5-9-7/h1-5H/p+1. The summed E-state index contributed by atoms with van der Waals surface area (Å²) in [5.74, 6) is 0. The first-order chi connectivity index (χ1) is 4.47. The minimum atomic E-state index is 1.22. The van der Waals surface area contributed by atoms with Gasteiger partial charge in [0.2, 0.25) is 5.52 Å². The topological polar surface area (TPSA) is 14.1 Å². The Morgan fingerprint density at radius 3 is 3.22 bits per heavy atom. The number of thiophene rings is 1. The van der Waals surface area contributed by atoms with Gasteiger partial charge in [0.05, 0.1) is 4.70 Å². The van der Waals surface area contributed by atoms with Crippen molar-refractivity contribution in [2.24, 2.45) is 0 Å². The predicted octanol–water partition coefficient (Wildman–Crippen LogP) is 1.72. The molecule has 0 atom stereocenters. The van der Waals surface area contributed by atoms with E-state index in [1.165, 1.54) is 10.2 Å². The second-order valence-electron chi connectivity index (χ2n) is 1.87. The maximum Gasteiger partial charge on any atom is 0.221 e. The quantitative estimate of drug-likeness (QED) is 0.523. The molecule has 0 fully saturated rings. The summed E-state index contributed by atoms with van der Waals surface area (Å²) in [4.78, 5) is 3.14. The van der Waals surface area contributed by atoms with Crippen LogP contribution in [0.3, 0.4) is 0 Å². The van der Waals surface area contributed by atoms with Crippen LogP contribution in [-0.2, 0) is 0 Å². The highest BCUT2D eigenvalue weighted by Gasteiger charge is 1.95. The van der Waals surface area contributed by atoms with E-state index in [0.717, 1.165) is 0 Å². The highest BCUT2D eigenvalue weighted by atomic mass is 32.1. The lowest BCUT2D eigenvalue weighted by Gasteiger charge is -1.75. The second-order valence-corrected chi connectivity index (χ2v) is 2.82. The van der Waals surface area contributed by atoms with Gasteiger partial charge in [-0.25, -0.2) is 4.98 Å². The smallest absolute Gasteiger partial charge is 0.210 e. The first-order valence-corrected chi connectivity index (χ1v) is 3.69. The Morgan fingerprint density at radius 1 is 1.33 bits per heavy atom. The lowest BCUT2D eigenvalue weighted by Crippen LogP contribution is -1.97.